The van der Waals surface area contributed by atoms with Crippen molar-refractivity contribution in [3.05, 3.63) is 34.9 Å². The molecular formula is C13H17NO4. The Bertz CT molecular complexity index is 443. The van der Waals surface area contributed by atoms with Crippen molar-refractivity contribution in [1.82, 2.24) is 0 Å². The van der Waals surface area contributed by atoms with E-state index in [1.807, 2.05) is 6.92 Å². The summed E-state index contributed by atoms with van der Waals surface area (Å²) >= 11 is 0. The third-order valence-corrected chi connectivity index (χ3v) is 2.54. The molecule has 0 atom stereocenters. The molecule has 98 valence electrons. The van der Waals surface area contributed by atoms with Gasteiger partial charge in [-0.15, -0.1) is 0 Å². The van der Waals surface area contributed by atoms with Gasteiger partial charge in [0.1, 0.15) is 0 Å². The monoisotopic (exact) mass is 251 g/mol. The number of rotatable bonds is 6. The van der Waals surface area contributed by atoms with Crippen LogP contribution in [0.4, 0.5) is 0 Å². The molecule has 0 spiro atoms. The maximum Gasteiger partial charge on any atom is 0.339 e. The normalized spacial score (nSPS) is 10.1. The standard InChI is InChI=1S/C13H17NO4/c1-2-3-7-18-13(17)11-9(8-14)5-4-6-10(11)12(15)16/h4-6H,2-3,7-8,14H2,1H3,(H,15,16). The van der Waals surface area contributed by atoms with Crippen molar-refractivity contribution in [3.8, 4) is 0 Å². The van der Waals surface area contributed by atoms with Gasteiger partial charge in [-0.1, -0.05) is 25.5 Å². The number of carbonyl (C=O) groups excluding carboxylic acids is 1. The van der Waals surface area contributed by atoms with Gasteiger partial charge in [-0.3, -0.25) is 0 Å². The van der Waals surface area contributed by atoms with Gasteiger partial charge in [0.05, 0.1) is 17.7 Å². The first kappa shape index (κ1) is 14.2. The first-order valence-corrected chi connectivity index (χ1v) is 5.84. The zero-order valence-corrected chi connectivity index (χ0v) is 10.3. The highest BCUT2D eigenvalue weighted by atomic mass is 16.5. The Labute approximate surface area is 106 Å². The second-order valence-electron chi connectivity index (χ2n) is 3.84. The van der Waals surface area contributed by atoms with Gasteiger partial charge in [-0.2, -0.15) is 0 Å². The minimum absolute atomic E-state index is 0.0589. The summed E-state index contributed by atoms with van der Waals surface area (Å²) in [5.41, 5.74) is 5.98. The summed E-state index contributed by atoms with van der Waals surface area (Å²) in [6, 6.07) is 4.56. The minimum atomic E-state index is -1.16. The Morgan fingerprint density at radius 1 is 1.39 bits per heavy atom. The topological polar surface area (TPSA) is 89.6 Å². The van der Waals surface area contributed by atoms with Crippen LogP contribution in [-0.2, 0) is 11.3 Å². The molecule has 18 heavy (non-hydrogen) atoms. The summed E-state index contributed by atoms with van der Waals surface area (Å²) in [7, 11) is 0. The Kier molecular flexibility index (Phi) is 5.32. The first-order valence-electron chi connectivity index (χ1n) is 5.84. The molecule has 0 fully saturated rings. The highest BCUT2D eigenvalue weighted by molar-refractivity contribution is 6.03. The molecule has 0 heterocycles. The van der Waals surface area contributed by atoms with Crippen LogP contribution in [0.3, 0.4) is 0 Å². The van der Waals surface area contributed by atoms with Crippen LogP contribution in [-0.4, -0.2) is 23.7 Å². The van der Waals surface area contributed by atoms with Crippen molar-refractivity contribution in [2.45, 2.75) is 26.3 Å². The minimum Gasteiger partial charge on any atom is -0.478 e. The van der Waals surface area contributed by atoms with Crippen LogP contribution in [0.25, 0.3) is 0 Å². The van der Waals surface area contributed by atoms with Crippen LogP contribution in [0.2, 0.25) is 0 Å². The third-order valence-electron chi connectivity index (χ3n) is 2.54. The van der Waals surface area contributed by atoms with E-state index in [9.17, 15) is 9.59 Å². The fourth-order valence-electron chi connectivity index (χ4n) is 1.57. The molecule has 0 unspecified atom stereocenters. The third kappa shape index (κ3) is 3.30. The molecule has 0 aliphatic carbocycles. The van der Waals surface area contributed by atoms with Crippen LogP contribution in [0.5, 0.6) is 0 Å². The van der Waals surface area contributed by atoms with Crippen molar-refractivity contribution in [3.63, 3.8) is 0 Å². The van der Waals surface area contributed by atoms with E-state index in [1.165, 1.54) is 6.07 Å². The van der Waals surface area contributed by atoms with Gasteiger partial charge >= 0.3 is 11.9 Å². The van der Waals surface area contributed by atoms with Crippen LogP contribution in [0, 0.1) is 0 Å². The van der Waals surface area contributed by atoms with Gasteiger partial charge in [-0.05, 0) is 18.1 Å². The van der Waals surface area contributed by atoms with Crippen LogP contribution in [0.15, 0.2) is 18.2 Å². The van der Waals surface area contributed by atoms with E-state index in [4.69, 9.17) is 15.6 Å². The van der Waals surface area contributed by atoms with E-state index in [0.717, 1.165) is 12.8 Å². The van der Waals surface area contributed by atoms with Crippen molar-refractivity contribution < 1.29 is 19.4 Å². The fourth-order valence-corrected chi connectivity index (χ4v) is 1.57. The molecule has 0 saturated heterocycles. The smallest absolute Gasteiger partial charge is 0.339 e. The molecule has 0 radical (unpaired) electrons. The zero-order valence-electron chi connectivity index (χ0n) is 10.3. The number of nitrogens with two attached hydrogens (primary N) is 1. The summed E-state index contributed by atoms with van der Waals surface area (Å²) in [6.45, 7) is 2.36. The van der Waals surface area contributed by atoms with E-state index < -0.39 is 11.9 Å². The lowest BCUT2D eigenvalue weighted by Gasteiger charge is -2.10. The largest absolute Gasteiger partial charge is 0.478 e. The van der Waals surface area contributed by atoms with Crippen LogP contribution >= 0.6 is 0 Å². The van der Waals surface area contributed by atoms with E-state index in [1.54, 1.807) is 12.1 Å². The molecule has 5 nitrogen and oxygen atoms in total. The van der Waals surface area contributed by atoms with E-state index >= 15 is 0 Å². The van der Waals surface area contributed by atoms with Gasteiger partial charge < -0.3 is 15.6 Å². The molecule has 1 aromatic carbocycles. The van der Waals surface area contributed by atoms with E-state index in [-0.39, 0.29) is 24.3 Å². The maximum absolute atomic E-state index is 11.9. The molecule has 0 bridgehead atoms. The second kappa shape index (κ2) is 6.76. The quantitative estimate of drug-likeness (QED) is 0.594. The number of esters is 1. The van der Waals surface area contributed by atoms with Crippen molar-refractivity contribution in [2.24, 2.45) is 5.73 Å². The second-order valence-corrected chi connectivity index (χ2v) is 3.84. The summed E-state index contributed by atoms with van der Waals surface area (Å²) in [5, 5.41) is 9.06. The fraction of sp³-hybridized carbons (Fsp3) is 0.385. The number of carboxylic acids is 1. The average molecular weight is 251 g/mol. The molecule has 0 aliphatic rings. The Balaban J connectivity index is 3.03. The van der Waals surface area contributed by atoms with Gasteiger partial charge in [-0.25, -0.2) is 9.59 Å². The number of unbranched alkanes of at least 4 members (excludes halogenated alkanes) is 1. The average Bonchev–Trinajstić information content (AvgIpc) is 2.37. The number of ether oxygens (including phenoxy) is 1. The number of carboxylic acid groups (broad SMARTS) is 1. The SMILES string of the molecule is CCCCOC(=O)c1c(CN)cccc1C(=O)O. The molecule has 3 N–H and O–H groups in total. The van der Waals surface area contributed by atoms with Gasteiger partial charge in [0.2, 0.25) is 0 Å². The number of hydrogen-bond acceptors (Lipinski definition) is 4. The van der Waals surface area contributed by atoms with Crippen molar-refractivity contribution in [1.29, 1.82) is 0 Å². The molecule has 5 heteroatoms. The molecule has 0 saturated carbocycles. The van der Waals surface area contributed by atoms with Gasteiger partial charge in [0, 0.05) is 6.54 Å². The highest BCUT2D eigenvalue weighted by Gasteiger charge is 2.20. The number of aromatic carboxylic acids is 1. The molecule has 0 aromatic heterocycles. The lowest BCUT2D eigenvalue weighted by atomic mass is 10.0. The maximum atomic E-state index is 11.9. The van der Waals surface area contributed by atoms with Gasteiger partial charge in [0.15, 0.2) is 0 Å². The lowest BCUT2D eigenvalue weighted by Crippen LogP contribution is -2.16. The Morgan fingerprint density at radius 2 is 2.11 bits per heavy atom. The highest BCUT2D eigenvalue weighted by Crippen LogP contribution is 2.16. The number of hydrogen-bond donors (Lipinski definition) is 2. The van der Waals surface area contributed by atoms with E-state index in [0.29, 0.717) is 5.56 Å². The van der Waals surface area contributed by atoms with E-state index in [2.05, 4.69) is 0 Å². The molecule has 0 amide bonds. The summed E-state index contributed by atoms with van der Waals surface area (Å²) in [6.07, 6.45) is 1.65. The number of benzene rings is 1. The Hall–Kier alpha value is -1.88. The Morgan fingerprint density at radius 3 is 2.67 bits per heavy atom. The van der Waals surface area contributed by atoms with Crippen molar-refractivity contribution >= 4 is 11.9 Å². The van der Waals surface area contributed by atoms with Crippen LogP contribution < -0.4 is 5.73 Å². The predicted molar refractivity (Wildman–Crippen MR) is 66.5 cm³/mol. The van der Waals surface area contributed by atoms with Gasteiger partial charge in [0.25, 0.3) is 0 Å². The number of carbonyl (C=O) groups is 2. The summed E-state index contributed by atoms with van der Waals surface area (Å²) in [5.74, 6) is -1.78. The molecule has 0 aliphatic heterocycles. The molecule has 1 aromatic rings. The predicted octanol–water partition coefficient (Wildman–Crippen LogP) is 1.80. The zero-order chi connectivity index (χ0) is 13.5. The first-order chi connectivity index (χ1) is 8.61. The molecule has 1 rings (SSSR count). The molecular weight excluding hydrogens is 234 g/mol. The van der Waals surface area contributed by atoms with Crippen molar-refractivity contribution in [2.75, 3.05) is 6.61 Å². The summed E-state index contributed by atoms with van der Waals surface area (Å²) < 4.78 is 5.04. The summed E-state index contributed by atoms with van der Waals surface area (Å²) in [4.78, 5) is 23.0. The van der Waals surface area contributed by atoms with Crippen LogP contribution in [0.1, 0.15) is 46.0 Å². The lowest BCUT2D eigenvalue weighted by molar-refractivity contribution is 0.0488.